The Morgan fingerprint density at radius 2 is 2.26 bits per heavy atom. The van der Waals surface area contributed by atoms with Gasteiger partial charge in [-0.3, -0.25) is 9.36 Å². The number of hydrogen-bond donors (Lipinski definition) is 0. The normalized spacial score (nSPS) is 17.5. The van der Waals surface area contributed by atoms with Crippen LogP contribution in [-0.2, 0) is 13.0 Å². The van der Waals surface area contributed by atoms with Crippen molar-refractivity contribution < 1.29 is 0 Å². The molecule has 0 saturated carbocycles. The molecule has 0 N–H and O–H groups in total. The fourth-order valence-electron chi connectivity index (χ4n) is 2.33. The molecule has 2 aromatic rings. The summed E-state index contributed by atoms with van der Waals surface area (Å²) in [5.74, 6) is 0.793. The van der Waals surface area contributed by atoms with Gasteiger partial charge in [0.15, 0.2) is 0 Å². The monoisotopic (exact) mass is 384 g/mol. The van der Waals surface area contributed by atoms with Crippen LogP contribution < -0.4 is 5.56 Å². The van der Waals surface area contributed by atoms with Gasteiger partial charge >= 0.3 is 0 Å². The Kier molecular flexibility index (Phi) is 3.66. The maximum atomic E-state index is 12.2. The molecule has 1 unspecified atom stereocenters. The molecule has 0 amide bonds. The molecule has 1 atom stereocenters. The van der Waals surface area contributed by atoms with Crippen LogP contribution in [0.3, 0.4) is 0 Å². The number of aryl methyl sites for hydroxylation is 1. The number of hydrogen-bond acceptors (Lipinski definition) is 3. The number of aromatic nitrogens is 2. The van der Waals surface area contributed by atoms with Crippen molar-refractivity contribution in [3.63, 3.8) is 0 Å². The van der Waals surface area contributed by atoms with Gasteiger partial charge in [-0.2, -0.15) is 0 Å². The van der Waals surface area contributed by atoms with Crippen molar-refractivity contribution in [3.05, 3.63) is 55.8 Å². The molecule has 0 spiro atoms. The Morgan fingerprint density at radius 1 is 1.47 bits per heavy atom. The van der Waals surface area contributed by atoms with E-state index in [2.05, 4.69) is 51.8 Å². The fraction of sp³-hybridized carbons (Fsp3) is 0.286. The van der Waals surface area contributed by atoms with E-state index in [1.807, 2.05) is 18.7 Å². The third-order valence-corrected chi connectivity index (χ3v) is 5.35. The van der Waals surface area contributed by atoms with Crippen molar-refractivity contribution in [1.82, 2.24) is 9.55 Å². The standard InChI is InChI=1S/C14H13IN2OS/c1-9-16-7-12(15)14(18)17(9)8-11-6-10-4-2-3-5-13(10)19-11/h2-5,7,11H,6,8H2,1H3. The summed E-state index contributed by atoms with van der Waals surface area (Å²) >= 11 is 3.92. The van der Waals surface area contributed by atoms with Gasteiger partial charge in [-0.1, -0.05) is 18.2 Å². The first-order valence-electron chi connectivity index (χ1n) is 6.11. The van der Waals surface area contributed by atoms with Gasteiger partial charge in [0.05, 0.1) is 3.57 Å². The third-order valence-electron chi connectivity index (χ3n) is 3.30. The molecule has 1 aliphatic heterocycles. The van der Waals surface area contributed by atoms with Crippen LogP contribution in [0.25, 0.3) is 0 Å². The molecular formula is C14H13IN2OS. The summed E-state index contributed by atoms with van der Waals surface area (Å²) in [7, 11) is 0. The van der Waals surface area contributed by atoms with E-state index in [1.165, 1.54) is 10.5 Å². The van der Waals surface area contributed by atoms with E-state index >= 15 is 0 Å². The lowest BCUT2D eigenvalue weighted by Gasteiger charge is -2.13. The molecule has 3 rings (SSSR count). The number of halogens is 1. The summed E-state index contributed by atoms with van der Waals surface area (Å²) in [6.45, 7) is 2.62. The lowest BCUT2D eigenvalue weighted by atomic mass is 10.1. The van der Waals surface area contributed by atoms with Crippen molar-refractivity contribution in [2.24, 2.45) is 0 Å². The van der Waals surface area contributed by atoms with Crippen molar-refractivity contribution in [2.75, 3.05) is 0 Å². The minimum atomic E-state index is 0.0738. The van der Waals surface area contributed by atoms with Crippen molar-refractivity contribution in [3.8, 4) is 0 Å². The van der Waals surface area contributed by atoms with Gasteiger partial charge in [-0.05, 0) is 47.6 Å². The topological polar surface area (TPSA) is 34.9 Å². The number of thioether (sulfide) groups is 1. The molecule has 0 fully saturated rings. The van der Waals surface area contributed by atoms with Crippen LogP contribution in [0.4, 0.5) is 0 Å². The second-order valence-electron chi connectivity index (χ2n) is 4.62. The number of nitrogens with zero attached hydrogens (tertiary/aromatic N) is 2. The van der Waals surface area contributed by atoms with Gasteiger partial charge in [-0.25, -0.2) is 4.98 Å². The Morgan fingerprint density at radius 3 is 3.05 bits per heavy atom. The predicted octanol–water partition coefficient (Wildman–Crippen LogP) is 2.87. The summed E-state index contributed by atoms with van der Waals surface area (Å²) in [6.07, 6.45) is 2.67. The SMILES string of the molecule is Cc1ncc(I)c(=O)n1CC1Cc2ccccc2S1. The van der Waals surface area contributed by atoms with Gasteiger partial charge in [0, 0.05) is 22.9 Å². The summed E-state index contributed by atoms with van der Waals surface area (Å²) in [6, 6.07) is 8.47. The Bertz CT molecular complexity index is 658. The maximum absolute atomic E-state index is 12.2. The molecule has 0 bridgehead atoms. The van der Waals surface area contributed by atoms with Gasteiger partial charge in [-0.15, -0.1) is 11.8 Å². The van der Waals surface area contributed by atoms with Crippen LogP contribution in [-0.4, -0.2) is 14.8 Å². The highest BCUT2D eigenvalue weighted by Gasteiger charge is 2.23. The lowest BCUT2D eigenvalue weighted by molar-refractivity contribution is 0.605. The van der Waals surface area contributed by atoms with Crippen LogP contribution in [0.1, 0.15) is 11.4 Å². The van der Waals surface area contributed by atoms with Crippen LogP contribution >= 0.6 is 34.4 Å². The molecule has 5 heteroatoms. The molecule has 0 radical (unpaired) electrons. The summed E-state index contributed by atoms with van der Waals surface area (Å²) in [4.78, 5) is 17.8. The first kappa shape index (κ1) is 13.2. The molecular weight excluding hydrogens is 371 g/mol. The Labute approximate surface area is 129 Å². The van der Waals surface area contributed by atoms with Crippen LogP contribution in [0.2, 0.25) is 0 Å². The third kappa shape index (κ3) is 2.58. The van der Waals surface area contributed by atoms with E-state index in [0.29, 0.717) is 8.82 Å². The average molecular weight is 384 g/mol. The largest absolute Gasteiger partial charge is 0.295 e. The zero-order valence-corrected chi connectivity index (χ0v) is 13.4. The maximum Gasteiger partial charge on any atom is 0.266 e. The van der Waals surface area contributed by atoms with E-state index in [-0.39, 0.29) is 5.56 Å². The Hall–Kier alpha value is -0.820. The molecule has 1 aliphatic rings. The predicted molar refractivity (Wildman–Crippen MR) is 85.7 cm³/mol. The van der Waals surface area contributed by atoms with E-state index in [1.54, 1.807) is 10.8 Å². The van der Waals surface area contributed by atoms with E-state index in [0.717, 1.165) is 18.8 Å². The zero-order chi connectivity index (χ0) is 13.4. The Balaban J connectivity index is 1.86. The molecule has 0 aliphatic carbocycles. The van der Waals surface area contributed by atoms with Gasteiger partial charge < -0.3 is 0 Å². The number of rotatable bonds is 2. The molecule has 1 aromatic heterocycles. The molecule has 3 nitrogen and oxygen atoms in total. The van der Waals surface area contributed by atoms with E-state index in [9.17, 15) is 4.79 Å². The van der Waals surface area contributed by atoms with Crippen molar-refractivity contribution >= 4 is 34.4 Å². The van der Waals surface area contributed by atoms with Gasteiger partial charge in [0.2, 0.25) is 0 Å². The van der Waals surface area contributed by atoms with Crippen molar-refractivity contribution in [1.29, 1.82) is 0 Å². The van der Waals surface area contributed by atoms with Gasteiger partial charge in [0.25, 0.3) is 5.56 Å². The average Bonchev–Trinajstić information content (AvgIpc) is 2.81. The second-order valence-corrected chi connectivity index (χ2v) is 7.13. The van der Waals surface area contributed by atoms with Crippen LogP contribution in [0.5, 0.6) is 0 Å². The summed E-state index contributed by atoms with van der Waals surface area (Å²) < 4.78 is 2.48. The fourth-order valence-corrected chi connectivity index (χ4v) is 4.06. The van der Waals surface area contributed by atoms with Crippen LogP contribution in [0.15, 0.2) is 40.2 Å². The molecule has 2 heterocycles. The highest BCUT2D eigenvalue weighted by molar-refractivity contribution is 14.1. The molecule has 0 saturated heterocycles. The smallest absolute Gasteiger partial charge is 0.266 e. The number of fused-ring (bicyclic) bond motifs is 1. The quantitative estimate of drug-likeness (QED) is 0.747. The number of benzene rings is 1. The first-order valence-corrected chi connectivity index (χ1v) is 8.07. The summed E-state index contributed by atoms with van der Waals surface area (Å²) in [5.41, 5.74) is 1.46. The van der Waals surface area contributed by atoms with Crippen LogP contribution in [0, 0.1) is 10.5 Å². The lowest BCUT2D eigenvalue weighted by Crippen LogP contribution is -2.29. The second kappa shape index (κ2) is 5.28. The first-order chi connectivity index (χ1) is 9.15. The molecule has 19 heavy (non-hydrogen) atoms. The van der Waals surface area contributed by atoms with Gasteiger partial charge in [0.1, 0.15) is 5.82 Å². The summed E-state index contributed by atoms with van der Waals surface area (Å²) in [5, 5.41) is 0.425. The molecule has 1 aromatic carbocycles. The van der Waals surface area contributed by atoms with E-state index < -0.39 is 0 Å². The minimum absolute atomic E-state index is 0.0738. The minimum Gasteiger partial charge on any atom is -0.295 e. The molecule has 98 valence electrons. The zero-order valence-electron chi connectivity index (χ0n) is 10.5. The highest BCUT2D eigenvalue weighted by Crippen LogP contribution is 2.37. The highest BCUT2D eigenvalue weighted by atomic mass is 127. The van der Waals surface area contributed by atoms with Crippen molar-refractivity contribution in [2.45, 2.75) is 30.0 Å². The van der Waals surface area contributed by atoms with E-state index in [4.69, 9.17) is 0 Å².